The van der Waals surface area contributed by atoms with E-state index in [1.54, 1.807) is 19.2 Å². The van der Waals surface area contributed by atoms with Crippen LogP contribution >= 0.6 is 0 Å². The van der Waals surface area contributed by atoms with Crippen LogP contribution in [0.2, 0.25) is 0 Å². The SMILES string of the molecule is COc1ccc(C2CCCN2C(=O)CCCNC(=O)c2ccco2)cc1. The number of furan rings is 1. The van der Waals surface area contributed by atoms with Crippen molar-refractivity contribution in [3.63, 3.8) is 0 Å². The number of carbonyl (C=O) groups excluding carboxylic acids is 2. The number of ether oxygens (including phenoxy) is 1. The van der Waals surface area contributed by atoms with Gasteiger partial charge >= 0.3 is 0 Å². The van der Waals surface area contributed by atoms with E-state index in [-0.39, 0.29) is 23.6 Å². The highest BCUT2D eigenvalue weighted by Gasteiger charge is 2.29. The molecule has 1 saturated heterocycles. The first kappa shape index (κ1) is 18.0. The van der Waals surface area contributed by atoms with Crippen LogP contribution < -0.4 is 10.1 Å². The molecule has 1 aromatic heterocycles. The second-order valence-corrected chi connectivity index (χ2v) is 6.36. The number of nitrogens with one attached hydrogen (secondary N) is 1. The normalized spacial score (nSPS) is 16.5. The largest absolute Gasteiger partial charge is 0.497 e. The van der Waals surface area contributed by atoms with Crippen molar-refractivity contribution in [2.45, 2.75) is 31.7 Å². The van der Waals surface area contributed by atoms with Crippen LogP contribution in [-0.2, 0) is 4.79 Å². The molecule has 138 valence electrons. The molecule has 1 atom stereocenters. The van der Waals surface area contributed by atoms with Crippen molar-refractivity contribution >= 4 is 11.8 Å². The van der Waals surface area contributed by atoms with E-state index in [1.165, 1.54) is 6.26 Å². The van der Waals surface area contributed by atoms with Crippen LogP contribution in [-0.4, -0.2) is 36.9 Å². The molecule has 2 heterocycles. The van der Waals surface area contributed by atoms with Crippen molar-refractivity contribution in [1.82, 2.24) is 10.2 Å². The van der Waals surface area contributed by atoms with Gasteiger partial charge in [0.05, 0.1) is 19.4 Å². The van der Waals surface area contributed by atoms with Gasteiger partial charge in [-0.15, -0.1) is 0 Å². The predicted octanol–water partition coefficient (Wildman–Crippen LogP) is 3.16. The van der Waals surface area contributed by atoms with Crippen molar-refractivity contribution in [2.75, 3.05) is 20.2 Å². The molecule has 3 rings (SSSR count). The maximum absolute atomic E-state index is 12.6. The summed E-state index contributed by atoms with van der Waals surface area (Å²) in [5.41, 5.74) is 1.14. The van der Waals surface area contributed by atoms with Crippen LogP contribution in [0.1, 0.15) is 47.8 Å². The smallest absolute Gasteiger partial charge is 0.286 e. The van der Waals surface area contributed by atoms with Crippen LogP contribution in [0.3, 0.4) is 0 Å². The Morgan fingerprint density at radius 2 is 2.08 bits per heavy atom. The Labute approximate surface area is 153 Å². The highest BCUT2D eigenvalue weighted by Crippen LogP contribution is 2.33. The molecule has 2 amide bonds. The first-order chi connectivity index (χ1) is 12.7. The molecule has 0 bridgehead atoms. The topological polar surface area (TPSA) is 71.8 Å². The van der Waals surface area contributed by atoms with E-state index in [0.29, 0.717) is 19.4 Å². The number of hydrogen-bond donors (Lipinski definition) is 1. The number of nitrogens with zero attached hydrogens (tertiary/aromatic N) is 1. The highest BCUT2D eigenvalue weighted by molar-refractivity contribution is 5.91. The van der Waals surface area contributed by atoms with E-state index in [9.17, 15) is 9.59 Å². The fourth-order valence-corrected chi connectivity index (χ4v) is 3.32. The number of carbonyl (C=O) groups is 2. The van der Waals surface area contributed by atoms with Gasteiger partial charge in [0.25, 0.3) is 5.91 Å². The van der Waals surface area contributed by atoms with Gasteiger partial charge in [0.1, 0.15) is 5.75 Å². The van der Waals surface area contributed by atoms with Gasteiger partial charge in [0.2, 0.25) is 5.91 Å². The summed E-state index contributed by atoms with van der Waals surface area (Å²) in [6.07, 6.45) is 4.48. The molecule has 6 heteroatoms. The molecular formula is C20H24N2O4. The van der Waals surface area contributed by atoms with E-state index in [0.717, 1.165) is 30.7 Å². The lowest BCUT2D eigenvalue weighted by atomic mass is 10.0. The molecular weight excluding hydrogens is 332 g/mol. The zero-order valence-corrected chi connectivity index (χ0v) is 14.9. The van der Waals surface area contributed by atoms with Crippen LogP contribution in [0.25, 0.3) is 0 Å². The van der Waals surface area contributed by atoms with Gasteiger partial charge in [-0.05, 0) is 49.1 Å². The minimum atomic E-state index is -0.250. The molecule has 0 aliphatic carbocycles. The average molecular weight is 356 g/mol. The molecule has 1 aromatic carbocycles. The molecule has 1 aliphatic rings. The second kappa shape index (κ2) is 8.56. The van der Waals surface area contributed by atoms with Crippen LogP contribution in [0.5, 0.6) is 5.75 Å². The van der Waals surface area contributed by atoms with Crippen LogP contribution in [0.15, 0.2) is 47.1 Å². The lowest BCUT2D eigenvalue weighted by Crippen LogP contribution is -2.31. The first-order valence-corrected chi connectivity index (χ1v) is 8.94. The number of amides is 2. The summed E-state index contributed by atoms with van der Waals surface area (Å²) in [5.74, 6) is 0.989. The summed E-state index contributed by atoms with van der Waals surface area (Å²) >= 11 is 0. The van der Waals surface area contributed by atoms with Gasteiger partial charge in [-0.2, -0.15) is 0 Å². The highest BCUT2D eigenvalue weighted by atomic mass is 16.5. The number of methoxy groups -OCH3 is 1. The summed E-state index contributed by atoms with van der Waals surface area (Å²) < 4.78 is 10.2. The number of likely N-dealkylation sites (tertiary alicyclic amines) is 1. The van der Waals surface area contributed by atoms with Gasteiger partial charge in [-0.3, -0.25) is 9.59 Å². The summed E-state index contributed by atoms with van der Waals surface area (Å²) in [7, 11) is 1.64. The van der Waals surface area contributed by atoms with Gasteiger partial charge in [-0.25, -0.2) is 0 Å². The van der Waals surface area contributed by atoms with Gasteiger partial charge in [0, 0.05) is 19.5 Å². The quantitative estimate of drug-likeness (QED) is 0.774. The second-order valence-electron chi connectivity index (χ2n) is 6.36. The van der Waals surface area contributed by atoms with E-state index >= 15 is 0 Å². The van der Waals surface area contributed by atoms with E-state index in [1.807, 2.05) is 29.2 Å². The minimum absolute atomic E-state index is 0.131. The summed E-state index contributed by atoms with van der Waals surface area (Å²) in [6.45, 7) is 1.24. The molecule has 0 radical (unpaired) electrons. The molecule has 26 heavy (non-hydrogen) atoms. The van der Waals surface area contributed by atoms with Gasteiger partial charge in [-0.1, -0.05) is 12.1 Å². The van der Waals surface area contributed by atoms with E-state index in [4.69, 9.17) is 9.15 Å². The minimum Gasteiger partial charge on any atom is -0.497 e. The maximum Gasteiger partial charge on any atom is 0.286 e. The first-order valence-electron chi connectivity index (χ1n) is 8.94. The van der Waals surface area contributed by atoms with E-state index in [2.05, 4.69) is 5.32 Å². The van der Waals surface area contributed by atoms with Crippen molar-refractivity contribution < 1.29 is 18.7 Å². The molecule has 0 saturated carbocycles. The van der Waals surface area contributed by atoms with Crippen LogP contribution in [0, 0.1) is 0 Å². The lowest BCUT2D eigenvalue weighted by molar-refractivity contribution is -0.132. The Morgan fingerprint density at radius 3 is 2.77 bits per heavy atom. The monoisotopic (exact) mass is 356 g/mol. The van der Waals surface area contributed by atoms with Crippen molar-refractivity contribution in [3.05, 3.63) is 54.0 Å². The third-order valence-corrected chi connectivity index (χ3v) is 4.67. The van der Waals surface area contributed by atoms with Crippen molar-refractivity contribution in [2.24, 2.45) is 0 Å². The Morgan fingerprint density at radius 1 is 1.27 bits per heavy atom. The molecule has 0 spiro atoms. The van der Waals surface area contributed by atoms with Crippen molar-refractivity contribution in [1.29, 1.82) is 0 Å². The third-order valence-electron chi connectivity index (χ3n) is 4.67. The summed E-state index contributed by atoms with van der Waals surface area (Å²) in [4.78, 5) is 26.3. The number of hydrogen-bond acceptors (Lipinski definition) is 4. The number of benzene rings is 1. The average Bonchev–Trinajstić information content (AvgIpc) is 3.37. The molecule has 2 aromatic rings. The molecule has 6 nitrogen and oxygen atoms in total. The van der Waals surface area contributed by atoms with E-state index < -0.39 is 0 Å². The van der Waals surface area contributed by atoms with Gasteiger partial charge < -0.3 is 19.4 Å². The Hall–Kier alpha value is -2.76. The summed E-state index contributed by atoms with van der Waals surface area (Å²) in [6, 6.07) is 11.3. The number of rotatable bonds is 7. The molecule has 1 N–H and O–H groups in total. The fraction of sp³-hybridized carbons (Fsp3) is 0.400. The fourth-order valence-electron chi connectivity index (χ4n) is 3.32. The van der Waals surface area contributed by atoms with Gasteiger partial charge in [0.15, 0.2) is 5.76 Å². The Kier molecular flexibility index (Phi) is 5.94. The van der Waals surface area contributed by atoms with Crippen molar-refractivity contribution in [3.8, 4) is 5.75 Å². The Balaban J connectivity index is 1.48. The third kappa shape index (κ3) is 4.25. The summed E-state index contributed by atoms with van der Waals surface area (Å²) in [5, 5.41) is 2.77. The van der Waals surface area contributed by atoms with Crippen LogP contribution in [0.4, 0.5) is 0 Å². The zero-order chi connectivity index (χ0) is 18.4. The predicted molar refractivity (Wildman–Crippen MR) is 97.0 cm³/mol. The molecule has 1 aliphatic heterocycles. The maximum atomic E-state index is 12.6. The Bertz CT molecular complexity index is 725. The zero-order valence-electron chi connectivity index (χ0n) is 14.9. The molecule has 1 fully saturated rings. The molecule has 1 unspecified atom stereocenters. The lowest BCUT2D eigenvalue weighted by Gasteiger charge is -2.25. The standard InChI is InChI=1S/C20H24N2O4/c1-25-16-10-8-15(9-11-16)17-5-3-13-22(17)19(23)7-2-12-21-20(24)18-6-4-14-26-18/h4,6,8-11,14,17H,2-3,5,7,12-13H2,1H3,(H,21,24).